The molecule has 1 heterocycles. The molecule has 2 aromatic rings. The van der Waals surface area contributed by atoms with Crippen LogP contribution in [0.3, 0.4) is 0 Å². The van der Waals surface area contributed by atoms with Crippen LogP contribution < -0.4 is 0 Å². The van der Waals surface area contributed by atoms with Crippen molar-refractivity contribution in [1.29, 1.82) is 0 Å². The van der Waals surface area contributed by atoms with Gasteiger partial charge in [-0.1, -0.05) is 11.6 Å². The number of benzene rings is 1. The summed E-state index contributed by atoms with van der Waals surface area (Å²) in [5, 5.41) is 34.7. The number of aromatic nitrogens is 2. The van der Waals surface area contributed by atoms with Gasteiger partial charge in [0.15, 0.2) is 11.4 Å². The van der Waals surface area contributed by atoms with Crippen LogP contribution in [0.4, 0.5) is 5.69 Å². The molecule has 0 aliphatic rings. The molecule has 2 rings (SSSR count). The fourth-order valence-electron chi connectivity index (χ4n) is 2.14. The van der Waals surface area contributed by atoms with E-state index in [1.54, 1.807) is 6.92 Å². The van der Waals surface area contributed by atoms with Gasteiger partial charge in [0.25, 0.3) is 11.6 Å². The summed E-state index contributed by atoms with van der Waals surface area (Å²) < 4.78 is 1.04. The van der Waals surface area contributed by atoms with E-state index in [4.69, 9.17) is 11.6 Å². The number of aliphatic hydroxyl groups excluding tert-OH is 1. The molecule has 9 nitrogen and oxygen atoms in total. The number of aliphatic hydroxyl groups is 1. The number of rotatable bonds is 6. The number of hydrogen-bond donors (Lipinski definition) is 2. The van der Waals surface area contributed by atoms with Crippen molar-refractivity contribution in [3.8, 4) is 11.4 Å². The fraction of sp³-hybridized carbons (Fsp3) is 0.333. The minimum Gasteiger partial charge on any atom is -0.504 e. The van der Waals surface area contributed by atoms with Crippen molar-refractivity contribution in [2.24, 2.45) is 0 Å². The number of nitro benzene ring substituents is 1. The van der Waals surface area contributed by atoms with Crippen LogP contribution in [0.1, 0.15) is 23.8 Å². The summed E-state index contributed by atoms with van der Waals surface area (Å²) in [5.74, 6) is -0.982. The van der Waals surface area contributed by atoms with Gasteiger partial charge in [-0.05, 0) is 25.5 Å². The van der Waals surface area contributed by atoms with E-state index in [0.29, 0.717) is 6.42 Å². The van der Waals surface area contributed by atoms with E-state index in [0.717, 1.165) is 10.9 Å². The monoisotopic (exact) mass is 368 g/mol. The molecule has 1 aromatic heterocycles. The number of aromatic hydroxyl groups is 1. The van der Waals surface area contributed by atoms with Crippen LogP contribution in [0.5, 0.6) is 5.75 Å². The second-order valence-corrected chi connectivity index (χ2v) is 6.00. The van der Waals surface area contributed by atoms with E-state index >= 15 is 0 Å². The molecule has 0 unspecified atom stereocenters. The second kappa shape index (κ2) is 7.49. The Kier molecular flexibility index (Phi) is 5.60. The van der Waals surface area contributed by atoms with Gasteiger partial charge in [-0.15, -0.1) is 0 Å². The summed E-state index contributed by atoms with van der Waals surface area (Å²) in [6.45, 7) is 1.86. The lowest BCUT2D eigenvalue weighted by Crippen LogP contribution is -2.30. The van der Waals surface area contributed by atoms with Gasteiger partial charge in [0.05, 0.1) is 17.2 Å². The van der Waals surface area contributed by atoms with Crippen LogP contribution >= 0.6 is 11.6 Å². The van der Waals surface area contributed by atoms with Crippen molar-refractivity contribution in [2.45, 2.75) is 19.4 Å². The third kappa shape index (κ3) is 4.25. The van der Waals surface area contributed by atoms with E-state index in [1.165, 1.54) is 30.1 Å². The molecule has 1 atom stereocenters. The Bertz CT molecular complexity index is 805. The minimum absolute atomic E-state index is 0.0264. The molecule has 0 aliphatic heterocycles. The molecule has 0 saturated heterocycles. The quantitative estimate of drug-likeness (QED) is 0.594. The van der Waals surface area contributed by atoms with Crippen molar-refractivity contribution in [1.82, 2.24) is 14.7 Å². The Morgan fingerprint density at radius 3 is 2.80 bits per heavy atom. The predicted octanol–water partition coefficient (Wildman–Crippen LogP) is 1.98. The largest absolute Gasteiger partial charge is 0.504 e. The van der Waals surface area contributed by atoms with E-state index in [2.05, 4.69) is 5.10 Å². The van der Waals surface area contributed by atoms with E-state index < -0.39 is 22.7 Å². The Morgan fingerprint density at radius 2 is 2.20 bits per heavy atom. The molecule has 134 valence electrons. The standard InChI is InChI=1S/C15H17ClN4O5/c1-9(21)5-6-18(2)15(23)14-13(22)8-19(17-14)12-7-10(16)3-4-11(12)20(24)25/h3-4,7-9,21-22H,5-6H2,1-2H3/t9-/m0/s1. The minimum atomic E-state index is -0.610. The molecule has 0 spiro atoms. The topological polar surface area (TPSA) is 122 Å². The van der Waals surface area contributed by atoms with Crippen molar-refractivity contribution >= 4 is 23.2 Å². The number of amides is 1. The SMILES string of the molecule is C[C@H](O)CCN(C)C(=O)c1nn(-c2cc(Cl)ccc2[N+](=O)[O-])cc1O. The van der Waals surface area contributed by atoms with Gasteiger partial charge >= 0.3 is 0 Å². The first-order valence-corrected chi connectivity index (χ1v) is 7.75. The predicted molar refractivity (Wildman–Crippen MR) is 90.2 cm³/mol. The third-order valence-corrected chi connectivity index (χ3v) is 3.74. The molecule has 0 aliphatic carbocycles. The molecule has 0 fully saturated rings. The molecule has 10 heteroatoms. The van der Waals surface area contributed by atoms with E-state index in [1.807, 2.05) is 0 Å². The maximum atomic E-state index is 12.4. The van der Waals surface area contributed by atoms with Crippen LogP contribution in [-0.2, 0) is 0 Å². The van der Waals surface area contributed by atoms with Crippen molar-refractivity contribution < 1.29 is 19.9 Å². The smallest absolute Gasteiger partial charge is 0.294 e. The number of nitrogens with zero attached hydrogens (tertiary/aromatic N) is 4. The average Bonchev–Trinajstić information content (AvgIpc) is 2.93. The second-order valence-electron chi connectivity index (χ2n) is 5.56. The first kappa shape index (κ1) is 18.7. The summed E-state index contributed by atoms with van der Waals surface area (Å²) in [4.78, 5) is 24.2. The van der Waals surface area contributed by atoms with Crippen LogP contribution in [0.25, 0.3) is 5.69 Å². The highest BCUT2D eigenvalue weighted by Gasteiger charge is 2.24. The van der Waals surface area contributed by atoms with Crippen LogP contribution in [0.15, 0.2) is 24.4 Å². The Labute approximate surface area is 148 Å². The summed E-state index contributed by atoms with van der Waals surface area (Å²) >= 11 is 5.88. The molecule has 25 heavy (non-hydrogen) atoms. The Morgan fingerprint density at radius 1 is 1.52 bits per heavy atom. The highest BCUT2D eigenvalue weighted by Crippen LogP contribution is 2.28. The van der Waals surface area contributed by atoms with Gasteiger partial charge in [-0.2, -0.15) is 5.10 Å². The lowest BCUT2D eigenvalue weighted by molar-refractivity contribution is -0.384. The van der Waals surface area contributed by atoms with Crippen LogP contribution in [0.2, 0.25) is 5.02 Å². The van der Waals surface area contributed by atoms with E-state index in [-0.39, 0.29) is 28.6 Å². The molecule has 1 amide bonds. The third-order valence-electron chi connectivity index (χ3n) is 3.51. The molecular weight excluding hydrogens is 352 g/mol. The fourth-order valence-corrected chi connectivity index (χ4v) is 2.30. The normalized spacial score (nSPS) is 12.0. The molecule has 0 bridgehead atoms. The van der Waals surface area contributed by atoms with Crippen molar-refractivity contribution in [3.05, 3.63) is 45.2 Å². The first-order valence-electron chi connectivity index (χ1n) is 7.37. The van der Waals surface area contributed by atoms with Crippen molar-refractivity contribution in [2.75, 3.05) is 13.6 Å². The Hall–Kier alpha value is -2.65. The number of nitro groups is 1. The highest BCUT2D eigenvalue weighted by molar-refractivity contribution is 6.30. The molecular formula is C15H17ClN4O5. The number of halogens is 1. The lowest BCUT2D eigenvalue weighted by Gasteiger charge is -2.16. The number of hydrogen-bond acceptors (Lipinski definition) is 6. The number of carbonyl (C=O) groups is 1. The highest BCUT2D eigenvalue weighted by atomic mass is 35.5. The molecule has 2 N–H and O–H groups in total. The summed E-state index contributed by atoms with van der Waals surface area (Å²) in [6, 6.07) is 3.90. The first-order chi connectivity index (χ1) is 11.7. The molecule has 0 radical (unpaired) electrons. The maximum absolute atomic E-state index is 12.4. The van der Waals surface area contributed by atoms with Gasteiger partial charge in [0.1, 0.15) is 5.69 Å². The van der Waals surface area contributed by atoms with Gasteiger partial charge in [-0.25, -0.2) is 4.68 Å². The van der Waals surface area contributed by atoms with Gasteiger partial charge in [0.2, 0.25) is 0 Å². The molecule has 0 saturated carbocycles. The van der Waals surface area contributed by atoms with Gasteiger partial charge < -0.3 is 15.1 Å². The lowest BCUT2D eigenvalue weighted by atomic mass is 10.2. The average molecular weight is 369 g/mol. The summed E-state index contributed by atoms with van der Waals surface area (Å²) in [7, 11) is 1.50. The zero-order valence-corrected chi connectivity index (χ0v) is 14.3. The van der Waals surface area contributed by atoms with Gasteiger partial charge in [0, 0.05) is 24.7 Å². The summed E-state index contributed by atoms with van der Waals surface area (Å²) in [6.07, 6.45) is 0.897. The van der Waals surface area contributed by atoms with E-state index in [9.17, 15) is 25.1 Å². The number of carbonyl (C=O) groups excluding carboxylic acids is 1. The van der Waals surface area contributed by atoms with Crippen LogP contribution in [0, 0.1) is 10.1 Å². The zero-order chi connectivity index (χ0) is 18.7. The zero-order valence-electron chi connectivity index (χ0n) is 13.6. The van der Waals surface area contributed by atoms with Gasteiger partial charge in [-0.3, -0.25) is 14.9 Å². The summed E-state index contributed by atoms with van der Waals surface area (Å²) in [5.41, 5.74) is -0.491. The Balaban J connectivity index is 2.36. The van der Waals surface area contributed by atoms with Crippen LogP contribution in [-0.4, -0.2) is 55.4 Å². The maximum Gasteiger partial charge on any atom is 0.294 e. The molecule has 1 aromatic carbocycles. The van der Waals surface area contributed by atoms with Crippen molar-refractivity contribution in [3.63, 3.8) is 0 Å².